The van der Waals surface area contributed by atoms with Crippen LogP contribution in [0.4, 0.5) is 5.69 Å². The summed E-state index contributed by atoms with van der Waals surface area (Å²) in [6, 6.07) is 8.25. The van der Waals surface area contributed by atoms with Gasteiger partial charge < -0.3 is 15.5 Å². The first-order chi connectivity index (χ1) is 10.2. The summed E-state index contributed by atoms with van der Waals surface area (Å²) in [5.41, 5.74) is 8.00. The van der Waals surface area contributed by atoms with Gasteiger partial charge in [-0.2, -0.15) is 0 Å². The Morgan fingerprint density at radius 3 is 2.62 bits per heavy atom. The van der Waals surface area contributed by atoms with Crippen molar-refractivity contribution in [1.29, 1.82) is 0 Å². The molecule has 1 aromatic carbocycles. The molecule has 0 aliphatic carbocycles. The molecule has 1 aromatic rings. The maximum atomic E-state index is 12.5. The van der Waals surface area contributed by atoms with Gasteiger partial charge in [0.15, 0.2) is 0 Å². The Labute approximate surface area is 127 Å². The Balaban J connectivity index is 2.05. The zero-order valence-electron chi connectivity index (χ0n) is 13.1. The molecule has 0 unspecified atom stereocenters. The van der Waals surface area contributed by atoms with Crippen molar-refractivity contribution >= 4 is 11.6 Å². The lowest BCUT2D eigenvalue weighted by Gasteiger charge is -2.31. The second kappa shape index (κ2) is 8.03. The van der Waals surface area contributed by atoms with Crippen molar-refractivity contribution in [3.63, 3.8) is 0 Å². The largest absolute Gasteiger partial charge is 0.362 e. The van der Waals surface area contributed by atoms with Crippen molar-refractivity contribution in [3.05, 3.63) is 29.8 Å². The highest BCUT2D eigenvalue weighted by molar-refractivity contribution is 5.82. The number of nitrogens with zero attached hydrogens (tertiary/aromatic N) is 2. The molecule has 0 saturated carbocycles. The number of likely N-dealkylation sites (tertiary alicyclic amines) is 1. The van der Waals surface area contributed by atoms with E-state index in [9.17, 15) is 4.79 Å². The molecule has 2 N–H and O–H groups in total. The van der Waals surface area contributed by atoms with Crippen LogP contribution in [-0.2, 0) is 4.79 Å². The highest BCUT2D eigenvalue weighted by atomic mass is 16.2. The van der Waals surface area contributed by atoms with Crippen molar-refractivity contribution < 1.29 is 4.79 Å². The normalized spacial score (nSPS) is 15.0. The molecule has 1 saturated heterocycles. The molecular weight excluding hydrogens is 262 g/mol. The molecule has 21 heavy (non-hydrogen) atoms. The zero-order valence-corrected chi connectivity index (χ0v) is 13.1. The molecule has 1 heterocycles. The van der Waals surface area contributed by atoms with Crippen molar-refractivity contribution in [1.82, 2.24) is 4.90 Å². The lowest BCUT2D eigenvalue weighted by Crippen LogP contribution is -2.43. The number of carbonyl (C=O) groups excluding carboxylic acids is 1. The SMILES string of the molecule is Cc1ccccc1N(CCCN)CC(=O)N1CCCCC1. The van der Waals surface area contributed by atoms with E-state index in [2.05, 4.69) is 24.0 Å². The van der Waals surface area contributed by atoms with E-state index in [1.807, 2.05) is 17.0 Å². The maximum absolute atomic E-state index is 12.5. The molecule has 1 aliphatic rings. The minimum atomic E-state index is 0.245. The summed E-state index contributed by atoms with van der Waals surface area (Å²) < 4.78 is 0. The van der Waals surface area contributed by atoms with Gasteiger partial charge in [0.25, 0.3) is 0 Å². The Hall–Kier alpha value is -1.55. The van der Waals surface area contributed by atoms with E-state index in [1.54, 1.807) is 0 Å². The van der Waals surface area contributed by atoms with Gasteiger partial charge in [0.1, 0.15) is 0 Å². The lowest BCUT2D eigenvalue weighted by molar-refractivity contribution is -0.130. The molecule has 116 valence electrons. The second-order valence-electron chi connectivity index (χ2n) is 5.79. The van der Waals surface area contributed by atoms with Crippen LogP contribution in [0.2, 0.25) is 0 Å². The fourth-order valence-electron chi connectivity index (χ4n) is 2.89. The van der Waals surface area contributed by atoms with Crippen molar-refractivity contribution in [2.75, 3.05) is 37.6 Å². The van der Waals surface area contributed by atoms with Gasteiger partial charge >= 0.3 is 0 Å². The Morgan fingerprint density at radius 2 is 1.95 bits per heavy atom. The molecule has 1 amide bonds. The maximum Gasteiger partial charge on any atom is 0.242 e. The molecule has 4 heteroatoms. The molecule has 0 spiro atoms. The highest BCUT2D eigenvalue weighted by Crippen LogP contribution is 2.20. The number of hydrogen-bond donors (Lipinski definition) is 1. The van der Waals surface area contributed by atoms with E-state index in [1.165, 1.54) is 12.0 Å². The van der Waals surface area contributed by atoms with Gasteiger partial charge in [-0.15, -0.1) is 0 Å². The minimum Gasteiger partial charge on any atom is -0.362 e. The first-order valence-corrected chi connectivity index (χ1v) is 8.01. The summed E-state index contributed by atoms with van der Waals surface area (Å²) in [7, 11) is 0. The van der Waals surface area contributed by atoms with Gasteiger partial charge in [-0.1, -0.05) is 18.2 Å². The smallest absolute Gasteiger partial charge is 0.242 e. The van der Waals surface area contributed by atoms with Crippen LogP contribution in [0.25, 0.3) is 0 Å². The zero-order chi connectivity index (χ0) is 15.1. The molecule has 0 bridgehead atoms. The number of hydrogen-bond acceptors (Lipinski definition) is 3. The summed E-state index contributed by atoms with van der Waals surface area (Å²) in [5, 5.41) is 0. The summed E-state index contributed by atoms with van der Waals surface area (Å²) in [6.45, 7) is 5.87. The number of aryl methyl sites for hydroxylation is 1. The van der Waals surface area contributed by atoms with Gasteiger partial charge in [-0.05, 0) is 50.8 Å². The van der Waals surface area contributed by atoms with Gasteiger partial charge in [0.05, 0.1) is 6.54 Å². The summed E-state index contributed by atoms with van der Waals surface area (Å²) in [6.07, 6.45) is 4.43. The molecule has 0 aromatic heterocycles. The summed E-state index contributed by atoms with van der Waals surface area (Å²) in [5.74, 6) is 0.245. The van der Waals surface area contributed by atoms with Crippen LogP contribution in [-0.4, -0.2) is 43.5 Å². The topological polar surface area (TPSA) is 49.6 Å². The summed E-state index contributed by atoms with van der Waals surface area (Å²) >= 11 is 0. The number of nitrogens with two attached hydrogens (primary N) is 1. The van der Waals surface area contributed by atoms with Crippen molar-refractivity contribution in [2.45, 2.75) is 32.6 Å². The van der Waals surface area contributed by atoms with E-state index < -0.39 is 0 Å². The van der Waals surface area contributed by atoms with Gasteiger partial charge in [0.2, 0.25) is 5.91 Å². The summed E-state index contributed by atoms with van der Waals surface area (Å²) in [4.78, 5) is 16.7. The van der Waals surface area contributed by atoms with Crippen LogP contribution in [0.1, 0.15) is 31.2 Å². The molecule has 4 nitrogen and oxygen atoms in total. The molecule has 1 aliphatic heterocycles. The molecule has 2 rings (SSSR count). The van der Waals surface area contributed by atoms with Crippen LogP contribution >= 0.6 is 0 Å². The van der Waals surface area contributed by atoms with E-state index in [0.29, 0.717) is 13.1 Å². The average molecular weight is 289 g/mol. The number of anilines is 1. The fraction of sp³-hybridized carbons (Fsp3) is 0.588. The second-order valence-corrected chi connectivity index (χ2v) is 5.79. The predicted octanol–water partition coefficient (Wildman–Crippen LogP) is 2.16. The third-order valence-electron chi connectivity index (χ3n) is 4.12. The standard InChI is InChI=1S/C17H27N3O/c1-15-8-3-4-9-16(15)20(13-7-10-18)14-17(21)19-11-5-2-6-12-19/h3-4,8-9H,2,5-7,10-14,18H2,1H3. The van der Waals surface area contributed by atoms with E-state index in [-0.39, 0.29) is 5.91 Å². The number of carbonyl (C=O) groups is 1. The quantitative estimate of drug-likeness (QED) is 0.873. The first kappa shape index (κ1) is 15.8. The fourth-order valence-corrected chi connectivity index (χ4v) is 2.89. The lowest BCUT2D eigenvalue weighted by atomic mass is 10.1. The molecular formula is C17H27N3O. The van der Waals surface area contributed by atoms with Crippen LogP contribution in [0.5, 0.6) is 0 Å². The van der Waals surface area contributed by atoms with E-state index in [0.717, 1.165) is 44.6 Å². The number of piperidine rings is 1. The Bertz CT molecular complexity index is 455. The van der Waals surface area contributed by atoms with Gasteiger partial charge in [-0.3, -0.25) is 4.79 Å². The van der Waals surface area contributed by atoms with Crippen LogP contribution in [0.3, 0.4) is 0 Å². The minimum absolute atomic E-state index is 0.245. The van der Waals surface area contributed by atoms with Crippen LogP contribution in [0.15, 0.2) is 24.3 Å². The molecule has 0 atom stereocenters. The number of rotatable bonds is 6. The van der Waals surface area contributed by atoms with Crippen LogP contribution < -0.4 is 10.6 Å². The number of para-hydroxylation sites is 1. The average Bonchev–Trinajstić information content (AvgIpc) is 2.53. The molecule has 1 fully saturated rings. The number of amides is 1. The van der Waals surface area contributed by atoms with Crippen molar-refractivity contribution in [2.24, 2.45) is 5.73 Å². The highest BCUT2D eigenvalue weighted by Gasteiger charge is 2.20. The predicted molar refractivity (Wildman–Crippen MR) is 87.5 cm³/mol. The third kappa shape index (κ3) is 4.46. The first-order valence-electron chi connectivity index (χ1n) is 8.01. The van der Waals surface area contributed by atoms with E-state index in [4.69, 9.17) is 5.73 Å². The Morgan fingerprint density at radius 1 is 1.24 bits per heavy atom. The Kier molecular flexibility index (Phi) is 6.05. The van der Waals surface area contributed by atoms with E-state index >= 15 is 0 Å². The van der Waals surface area contributed by atoms with Gasteiger partial charge in [0, 0.05) is 25.3 Å². The van der Waals surface area contributed by atoms with Crippen molar-refractivity contribution in [3.8, 4) is 0 Å². The molecule has 0 radical (unpaired) electrons. The van der Waals surface area contributed by atoms with Gasteiger partial charge in [-0.25, -0.2) is 0 Å². The van der Waals surface area contributed by atoms with Crippen LogP contribution in [0, 0.1) is 6.92 Å². The third-order valence-corrected chi connectivity index (χ3v) is 4.12. The number of benzene rings is 1. The monoisotopic (exact) mass is 289 g/mol.